The lowest BCUT2D eigenvalue weighted by molar-refractivity contribution is 0.415. The quantitative estimate of drug-likeness (QED) is 0.918. The lowest BCUT2D eigenvalue weighted by Crippen LogP contribution is -1.90. The van der Waals surface area contributed by atoms with Crippen molar-refractivity contribution in [3.05, 3.63) is 41.0 Å². The summed E-state index contributed by atoms with van der Waals surface area (Å²) in [6.45, 7) is 0. The van der Waals surface area contributed by atoms with Crippen LogP contribution >= 0.6 is 15.9 Å². The fourth-order valence-electron chi connectivity index (χ4n) is 1.41. The van der Waals surface area contributed by atoms with Crippen LogP contribution in [0.15, 0.2) is 41.0 Å². The minimum atomic E-state index is 0.643. The van der Waals surface area contributed by atoms with Gasteiger partial charge in [0.1, 0.15) is 5.75 Å². The third kappa shape index (κ3) is 2.17. The van der Waals surface area contributed by atoms with E-state index in [9.17, 15) is 0 Å². The van der Waals surface area contributed by atoms with Crippen LogP contribution in [0.25, 0.3) is 11.3 Å². The Morgan fingerprint density at radius 3 is 2.50 bits per heavy atom. The predicted octanol–water partition coefficient (Wildman–Crippen LogP) is 3.10. The van der Waals surface area contributed by atoms with Gasteiger partial charge in [-0.1, -0.05) is 0 Å². The zero-order chi connectivity index (χ0) is 11.5. The second kappa shape index (κ2) is 4.53. The van der Waals surface area contributed by atoms with E-state index in [1.807, 2.05) is 30.3 Å². The maximum Gasteiger partial charge on any atom is 0.118 e. The van der Waals surface area contributed by atoms with Crippen LogP contribution in [0.5, 0.6) is 5.75 Å². The van der Waals surface area contributed by atoms with Gasteiger partial charge >= 0.3 is 0 Å². The van der Waals surface area contributed by atoms with Crippen molar-refractivity contribution < 1.29 is 4.74 Å². The van der Waals surface area contributed by atoms with Crippen LogP contribution in [0.3, 0.4) is 0 Å². The van der Waals surface area contributed by atoms with Gasteiger partial charge in [-0.2, -0.15) is 0 Å². The molecule has 0 fully saturated rings. The van der Waals surface area contributed by atoms with Crippen molar-refractivity contribution in [1.82, 2.24) is 4.98 Å². The van der Waals surface area contributed by atoms with Gasteiger partial charge in [-0.3, -0.25) is 4.98 Å². The van der Waals surface area contributed by atoms with E-state index in [0.717, 1.165) is 21.5 Å². The van der Waals surface area contributed by atoms with E-state index in [-0.39, 0.29) is 0 Å². The molecule has 3 nitrogen and oxygen atoms in total. The normalized spacial score (nSPS) is 10.1. The molecule has 2 aromatic rings. The number of methoxy groups -OCH3 is 1. The van der Waals surface area contributed by atoms with Crippen LogP contribution in [-0.2, 0) is 0 Å². The fourth-order valence-corrected chi connectivity index (χ4v) is 2.01. The number of anilines is 1. The smallest absolute Gasteiger partial charge is 0.118 e. The maximum atomic E-state index is 5.64. The van der Waals surface area contributed by atoms with Crippen LogP contribution < -0.4 is 10.5 Å². The van der Waals surface area contributed by atoms with Gasteiger partial charge in [0.05, 0.1) is 24.7 Å². The van der Waals surface area contributed by atoms with Gasteiger partial charge in [0.2, 0.25) is 0 Å². The van der Waals surface area contributed by atoms with Gasteiger partial charge < -0.3 is 10.5 Å². The highest BCUT2D eigenvalue weighted by atomic mass is 79.9. The molecule has 0 saturated heterocycles. The van der Waals surface area contributed by atoms with Gasteiger partial charge in [-0.15, -0.1) is 0 Å². The Morgan fingerprint density at radius 1 is 1.25 bits per heavy atom. The lowest BCUT2D eigenvalue weighted by Gasteiger charge is -2.05. The molecule has 0 radical (unpaired) electrons. The average Bonchev–Trinajstić information content (AvgIpc) is 2.29. The zero-order valence-electron chi connectivity index (χ0n) is 8.77. The summed E-state index contributed by atoms with van der Waals surface area (Å²) in [5.74, 6) is 0.829. The highest BCUT2D eigenvalue weighted by Crippen LogP contribution is 2.28. The number of rotatable bonds is 2. The summed E-state index contributed by atoms with van der Waals surface area (Å²) in [5.41, 5.74) is 8.17. The standard InChI is InChI=1S/C12H11BrN2O/c1-16-10-4-2-8(3-5-10)12-11(13)6-9(14)7-15-12/h2-7H,14H2,1H3. The molecule has 0 amide bonds. The first-order valence-corrected chi connectivity index (χ1v) is 5.55. The van der Waals surface area contributed by atoms with E-state index >= 15 is 0 Å². The van der Waals surface area contributed by atoms with Crippen molar-refractivity contribution in [2.75, 3.05) is 12.8 Å². The molecule has 0 aliphatic rings. The largest absolute Gasteiger partial charge is 0.497 e. The van der Waals surface area contributed by atoms with Crippen molar-refractivity contribution >= 4 is 21.6 Å². The summed E-state index contributed by atoms with van der Waals surface area (Å²) in [6, 6.07) is 9.57. The van der Waals surface area contributed by atoms with Crippen LogP contribution in [0.1, 0.15) is 0 Å². The number of nitrogens with two attached hydrogens (primary N) is 1. The molecular formula is C12H11BrN2O. The molecule has 4 heteroatoms. The number of hydrogen-bond acceptors (Lipinski definition) is 3. The minimum Gasteiger partial charge on any atom is -0.497 e. The number of benzene rings is 1. The minimum absolute atomic E-state index is 0.643. The number of aromatic nitrogens is 1. The second-order valence-electron chi connectivity index (χ2n) is 3.33. The van der Waals surface area contributed by atoms with Crippen LogP contribution in [-0.4, -0.2) is 12.1 Å². The highest BCUT2D eigenvalue weighted by molar-refractivity contribution is 9.10. The molecule has 0 spiro atoms. The van der Waals surface area contributed by atoms with Gasteiger partial charge in [0, 0.05) is 10.0 Å². The molecule has 0 saturated carbocycles. The zero-order valence-corrected chi connectivity index (χ0v) is 10.4. The van der Waals surface area contributed by atoms with Crippen molar-refractivity contribution in [2.45, 2.75) is 0 Å². The molecule has 82 valence electrons. The Labute approximate surface area is 102 Å². The van der Waals surface area contributed by atoms with Crippen molar-refractivity contribution in [2.24, 2.45) is 0 Å². The van der Waals surface area contributed by atoms with E-state index in [0.29, 0.717) is 5.69 Å². The van der Waals surface area contributed by atoms with E-state index in [1.54, 1.807) is 13.3 Å². The number of nitrogen functional groups attached to an aromatic ring is 1. The fraction of sp³-hybridized carbons (Fsp3) is 0.0833. The van der Waals surface area contributed by atoms with Gasteiger partial charge in [-0.05, 0) is 46.3 Å². The Morgan fingerprint density at radius 2 is 1.94 bits per heavy atom. The molecule has 0 unspecified atom stereocenters. The molecule has 2 rings (SSSR count). The predicted molar refractivity (Wildman–Crippen MR) is 68.3 cm³/mol. The summed E-state index contributed by atoms with van der Waals surface area (Å²) < 4.78 is 5.99. The molecular weight excluding hydrogens is 268 g/mol. The van der Waals surface area contributed by atoms with Crippen LogP contribution in [0, 0.1) is 0 Å². The summed E-state index contributed by atoms with van der Waals surface area (Å²) in [6.07, 6.45) is 1.64. The number of ether oxygens (including phenoxy) is 1. The molecule has 1 aromatic carbocycles. The molecule has 2 N–H and O–H groups in total. The molecule has 1 heterocycles. The Hall–Kier alpha value is -1.55. The first kappa shape index (κ1) is 11.0. The molecule has 0 aliphatic carbocycles. The Balaban J connectivity index is 2.42. The van der Waals surface area contributed by atoms with E-state index in [1.165, 1.54) is 0 Å². The highest BCUT2D eigenvalue weighted by Gasteiger charge is 2.05. The van der Waals surface area contributed by atoms with Crippen molar-refractivity contribution in [1.29, 1.82) is 0 Å². The second-order valence-corrected chi connectivity index (χ2v) is 4.18. The van der Waals surface area contributed by atoms with Crippen molar-refractivity contribution in [3.63, 3.8) is 0 Å². The van der Waals surface area contributed by atoms with E-state index in [2.05, 4.69) is 20.9 Å². The van der Waals surface area contributed by atoms with E-state index < -0.39 is 0 Å². The summed E-state index contributed by atoms with van der Waals surface area (Å²) in [4.78, 5) is 4.29. The number of pyridine rings is 1. The molecule has 16 heavy (non-hydrogen) atoms. The maximum absolute atomic E-state index is 5.64. The molecule has 0 atom stereocenters. The summed E-state index contributed by atoms with van der Waals surface area (Å²) in [5, 5.41) is 0. The SMILES string of the molecule is COc1ccc(-c2ncc(N)cc2Br)cc1. The lowest BCUT2D eigenvalue weighted by atomic mass is 10.1. The third-order valence-electron chi connectivity index (χ3n) is 2.23. The number of halogens is 1. The monoisotopic (exact) mass is 278 g/mol. The van der Waals surface area contributed by atoms with Gasteiger partial charge in [0.15, 0.2) is 0 Å². The Bertz CT molecular complexity index is 497. The van der Waals surface area contributed by atoms with Gasteiger partial charge in [0.25, 0.3) is 0 Å². The Kier molecular flexibility index (Phi) is 3.10. The number of nitrogens with zero attached hydrogens (tertiary/aromatic N) is 1. The summed E-state index contributed by atoms with van der Waals surface area (Å²) in [7, 11) is 1.65. The van der Waals surface area contributed by atoms with Gasteiger partial charge in [-0.25, -0.2) is 0 Å². The molecule has 0 aliphatic heterocycles. The number of hydrogen-bond donors (Lipinski definition) is 1. The topological polar surface area (TPSA) is 48.1 Å². The van der Waals surface area contributed by atoms with Crippen molar-refractivity contribution in [3.8, 4) is 17.0 Å². The van der Waals surface area contributed by atoms with Crippen LogP contribution in [0.2, 0.25) is 0 Å². The van der Waals surface area contributed by atoms with Crippen LogP contribution in [0.4, 0.5) is 5.69 Å². The molecule has 1 aromatic heterocycles. The third-order valence-corrected chi connectivity index (χ3v) is 2.83. The molecule has 0 bridgehead atoms. The first-order valence-electron chi connectivity index (χ1n) is 4.76. The summed E-state index contributed by atoms with van der Waals surface area (Å²) >= 11 is 3.45. The average molecular weight is 279 g/mol. The first-order chi connectivity index (χ1) is 7.70. The van der Waals surface area contributed by atoms with E-state index in [4.69, 9.17) is 10.5 Å².